The Morgan fingerprint density at radius 2 is 1.81 bits per heavy atom. The van der Waals surface area contributed by atoms with Crippen LogP contribution in [0.4, 0.5) is 0 Å². The molecule has 0 aliphatic carbocycles. The van der Waals surface area contributed by atoms with Crippen molar-refractivity contribution >= 4 is 51.7 Å². The monoisotopic (exact) mass is 514 g/mol. The molecule has 3 N–H and O–H groups in total. The molecule has 0 amide bonds. The summed E-state index contributed by atoms with van der Waals surface area (Å²) in [5.41, 5.74) is 1.67. The van der Waals surface area contributed by atoms with Gasteiger partial charge in [-0.05, 0) is 55.9 Å². The molecule has 0 bridgehead atoms. The maximum Gasteiger partial charge on any atom is 0.240 e. The summed E-state index contributed by atoms with van der Waals surface area (Å²) in [6.45, 7) is 5.30. The minimum absolute atomic E-state index is 0. The number of halogens is 1. The largest absolute Gasteiger partial charge is 0.356 e. The van der Waals surface area contributed by atoms with Crippen LogP contribution in [-0.2, 0) is 10.0 Å². The van der Waals surface area contributed by atoms with Gasteiger partial charge in [-0.3, -0.25) is 4.99 Å². The molecule has 0 spiro atoms. The van der Waals surface area contributed by atoms with Crippen molar-refractivity contribution < 1.29 is 8.42 Å². The number of aliphatic imine (C=N–C) groups is 1. The maximum atomic E-state index is 12.4. The lowest BCUT2D eigenvalue weighted by molar-refractivity contribution is 0.579. The van der Waals surface area contributed by atoms with E-state index in [-0.39, 0.29) is 24.0 Å². The number of hydrogen-bond acceptors (Lipinski definition) is 4. The smallest absolute Gasteiger partial charge is 0.240 e. The first-order valence-electron chi connectivity index (χ1n) is 8.41. The number of thioether (sulfide) groups is 1. The van der Waals surface area contributed by atoms with Crippen molar-refractivity contribution in [2.45, 2.75) is 31.6 Å². The summed E-state index contributed by atoms with van der Waals surface area (Å²) in [6.07, 6.45) is 4.36. The molecule has 0 unspecified atom stereocenters. The lowest BCUT2D eigenvalue weighted by Crippen LogP contribution is -2.41. The molecule has 1 aromatic carbocycles. The van der Waals surface area contributed by atoms with Gasteiger partial charge in [0, 0.05) is 26.7 Å². The van der Waals surface area contributed by atoms with Crippen LogP contribution in [0, 0.1) is 13.8 Å². The fourth-order valence-corrected chi connectivity index (χ4v) is 4.09. The second-order valence-corrected chi connectivity index (χ2v) is 8.51. The van der Waals surface area contributed by atoms with Gasteiger partial charge in [0.05, 0.1) is 4.90 Å². The predicted molar refractivity (Wildman–Crippen MR) is 123 cm³/mol. The van der Waals surface area contributed by atoms with Gasteiger partial charge in [0.25, 0.3) is 0 Å². The number of nitrogens with one attached hydrogen (secondary N) is 3. The molecule has 9 heteroatoms. The van der Waals surface area contributed by atoms with Crippen molar-refractivity contribution in [2.24, 2.45) is 4.99 Å². The third-order valence-electron chi connectivity index (χ3n) is 3.63. The second-order valence-electron chi connectivity index (χ2n) is 5.79. The van der Waals surface area contributed by atoms with Gasteiger partial charge in [-0.2, -0.15) is 11.8 Å². The van der Waals surface area contributed by atoms with Crippen LogP contribution in [0.2, 0.25) is 0 Å². The molecule has 0 heterocycles. The number of rotatable bonds is 10. The number of guanidine groups is 1. The molecule has 0 aliphatic heterocycles. The molecule has 0 aliphatic rings. The molecule has 0 atom stereocenters. The number of benzene rings is 1. The number of sulfonamides is 1. The highest BCUT2D eigenvalue weighted by Crippen LogP contribution is 2.16. The number of aryl methyl sites for hydroxylation is 2. The highest BCUT2D eigenvalue weighted by molar-refractivity contribution is 14.0. The highest BCUT2D eigenvalue weighted by Gasteiger charge is 2.16. The topological polar surface area (TPSA) is 82.6 Å². The van der Waals surface area contributed by atoms with Crippen LogP contribution in [0.1, 0.15) is 24.0 Å². The third-order valence-corrected chi connectivity index (χ3v) is 5.93. The maximum absolute atomic E-state index is 12.4. The van der Waals surface area contributed by atoms with Gasteiger partial charge in [-0.25, -0.2) is 13.1 Å². The Morgan fingerprint density at radius 1 is 1.12 bits per heavy atom. The van der Waals surface area contributed by atoms with Gasteiger partial charge < -0.3 is 10.6 Å². The molecule has 6 nitrogen and oxygen atoms in total. The van der Waals surface area contributed by atoms with Crippen molar-refractivity contribution in [3.05, 3.63) is 29.3 Å². The second kappa shape index (κ2) is 13.6. The normalized spacial score (nSPS) is 11.8. The number of nitrogens with zero attached hydrogens (tertiary/aromatic N) is 1. The summed E-state index contributed by atoms with van der Waals surface area (Å²) >= 11 is 1.85. The van der Waals surface area contributed by atoms with E-state index in [1.54, 1.807) is 20.0 Å². The van der Waals surface area contributed by atoms with Crippen LogP contribution in [0.15, 0.2) is 28.1 Å². The molecule has 150 valence electrons. The van der Waals surface area contributed by atoms with Crippen LogP contribution < -0.4 is 15.4 Å². The molecule has 0 radical (unpaired) electrons. The SMILES string of the molecule is CN=C(NCCCCSC)NCCNS(=O)(=O)c1cc(C)ccc1C.I. The fourth-order valence-electron chi connectivity index (χ4n) is 2.24. The van der Waals surface area contributed by atoms with E-state index in [0.717, 1.165) is 29.8 Å². The molecule has 0 saturated carbocycles. The van der Waals surface area contributed by atoms with E-state index in [0.29, 0.717) is 23.9 Å². The number of unbranched alkanes of at least 4 members (excludes halogenated alkanes) is 1. The summed E-state index contributed by atoms with van der Waals surface area (Å²) in [6, 6.07) is 5.43. The average Bonchev–Trinajstić information content (AvgIpc) is 2.58. The van der Waals surface area contributed by atoms with Crippen molar-refractivity contribution in [1.82, 2.24) is 15.4 Å². The van der Waals surface area contributed by atoms with Gasteiger partial charge >= 0.3 is 0 Å². The first-order valence-corrected chi connectivity index (χ1v) is 11.3. The van der Waals surface area contributed by atoms with E-state index in [9.17, 15) is 8.42 Å². The molecule has 0 fully saturated rings. The summed E-state index contributed by atoms with van der Waals surface area (Å²) in [7, 11) is -1.79. The van der Waals surface area contributed by atoms with E-state index >= 15 is 0 Å². The van der Waals surface area contributed by atoms with E-state index in [1.807, 2.05) is 30.8 Å². The van der Waals surface area contributed by atoms with Crippen LogP contribution in [-0.4, -0.2) is 53.1 Å². The van der Waals surface area contributed by atoms with Crippen LogP contribution >= 0.6 is 35.7 Å². The van der Waals surface area contributed by atoms with E-state index < -0.39 is 10.0 Å². The minimum atomic E-state index is -3.50. The molecule has 1 aromatic rings. The Morgan fingerprint density at radius 3 is 2.46 bits per heavy atom. The Labute approximate surface area is 179 Å². The zero-order chi connectivity index (χ0) is 18.7. The quantitative estimate of drug-likeness (QED) is 0.194. The molecular formula is C17H31IN4O2S2. The van der Waals surface area contributed by atoms with Crippen molar-refractivity contribution in [2.75, 3.05) is 38.7 Å². The van der Waals surface area contributed by atoms with Gasteiger partial charge in [-0.15, -0.1) is 24.0 Å². The Hall–Kier alpha value is -0.520. The molecule has 0 aromatic heterocycles. The van der Waals surface area contributed by atoms with Gasteiger partial charge in [-0.1, -0.05) is 12.1 Å². The molecule has 1 rings (SSSR count). The van der Waals surface area contributed by atoms with Crippen LogP contribution in [0.5, 0.6) is 0 Å². The van der Waals surface area contributed by atoms with Crippen molar-refractivity contribution in [1.29, 1.82) is 0 Å². The summed E-state index contributed by atoms with van der Waals surface area (Å²) in [4.78, 5) is 4.47. The Kier molecular flexibility index (Phi) is 13.3. The molecule has 0 saturated heterocycles. The van der Waals surface area contributed by atoms with Gasteiger partial charge in [0.15, 0.2) is 5.96 Å². The zero-order valence-corrected chi connectivity index (χ0v) is 19.9. The van der Waals surface area contributed by atoms with E-state index in [1.165, 1.54) is 6.42 Å². The lowest BCUT2D eigenvalue weighted by Gasteiger charge is -2.13. The summed E-state index contributed by atoms with van der Waals surface area (Å²) in [5.74, 6) is 1.85. The zero-order valence-electron chi connectivity index (χ0n) is 16.0. The predicted octanol–water partition coefficient (Wildman–Crippen LogP) is 2.51. The van der Waals surface area contributed by atoms with Crippen LogP contribution in [0.3, 0.4) is 0 Å². The van der Waals surface area contributed by atoms with Crippen LogP contribution in [0.25, 0.3) is 0 Å². The lowest BCUT2D eigenvalue weighted by atomic mass is 10.2. The Balaban J connectivity index is 0.00000625. The molecular weight excluding hydrogens is 483 g/mol. The van der Waals surface area contributed by atoms with E-state index in [2.05, 4.69) is 26.6 Å². The highest BCUT2D eigenvalue weighted by atomic mass is 127. The first-order chi connectivity index (χ1) is 11.9. The summed E-state index contributed by atoms with van der Waals surface area (Å²) in [5, 5.41) is 6.34. The van der Waals surface area contributed by atoms with Gasteiger partial charge in [0.2, 0.25) is 10.0 Å². The number of hydrogen-bond donors (Lipinski definition) is 3. The third kappa shape index (κ3) is 9.43. The fraction of sp³-hybridized carbons (Fsp3) is 0.588. The minimum Gasteiger partial charge on any atom is -0.356 e. The first kappa shape index (κ1) is 25.5. The Bertz CT molecular complexity index is 667. The van der Waals surface area contributed by atoms with Gasteiger partial charge in [0.1, 0.15) is 0 Å². The summed E-state index contributed by atoms with van der Waals surface area (Å²) < 4.78 is 27.4. The van der Waals surface area contributed by atoms with Crippen molar-refractivity contribution in [3.8, 4) is 0 Å². The molecule has 26 heavy (non-hydrogen) atoms. The average molecular weight is 514 g/mol. The standard InChI is InChI=1S/C17H30N4O2S2.HI/c1-14-7-8-15(2)16(13-14)25(22,23)21-11-10-20-17(18-3)19-9-5-6-12-24-4;/h7-8,13,21H,5-6,9-12H2,1-4H3,(H2,18,19,20);1H. The van der Waals surface area contributed by atoms with E-state index in [4.69, 9.17) is 0 Å². The van der Waals surface area contributed by atoms with Crippen molar-refractivity contribution in [3.63, 3.8) is 0 Å².